The lowest BCUT2D eigenvalue weighted by atomic mass is 10.1. The highest BCUT2D eigenvalue weighted by Crippen LogP contribution is 2.37. The quantitative estimate of drug-likeness (QED) is 0.179. The molecular weight excluding hydrogens is 498 g/mol. The van der Waals surface area contributed by atoms with Crippen molar-refractivity contribution in [3.63, 3.8) is 0 Å². The Balaban J connectivity index is 1.81. The molecule has 0 radical (unpaired) electrons. The Morgan fingerprint density at radius 2 is 1.08 bits per heavy atom. The fourth-order valence-corrected chi connectivity index (χ4v) is 3.85. The van der Waals surface area contributed by atoms with Gasteiger partial charge in [-0.3, -0.25) is 0 Å². The van der Waals surface area contributed by atoms with Crippen LogP contribution in [0.25, 0.3) is 34.2 Å². The molecule has 0 aliphatic heterocycles. The number of phenolic OH excluding ortho intramolecular Hbond substituents is 3. The number of aromatic nitrogens is 3. The summed E-state index contributed by atoms with van der Waals surface area (Å²) in [5, 5.41) is 31.6. The van der Waals surface area contributed by atoms with Gasteiger partial charge in [-0.05, 0) is 49.2 Å². The highest BCUT2D eigenvalue weighted by atomic mass is 16.5. The maximum atomic E-state index is 10.9. The van der Waals surface area contributed by atoms with E-state index in [9.17, 15) is 15.3 Å². The first-order chi connectivity index (χ1) is 18.9. The Labute approximate surface area is 227 Å². The number of ether oxygens (including phenoxy) is 3. The Hall–Kier alpha value is -4.53. The molecule has 1 heterocycles. The van der Waals surface area contributed by atoms with Gasteiger partial charge in [0.05, 0.1) is 37.0 Å². The van der Waals surface area contributed by atoms with E-state index < -0.39 is 0 Å². The van der Waals surface area contributed by atoms with E-state index in [1.807, 2.05) is 0 Å². The van der Waals surface area contributed by atoms with Gasteiger partial charge in [-0.25, -0.2) is 15.0 Å². The van der Waals surface area contributed by atoms with Crippen molar-refractivity contribution in [2.24, 2.45) is 0 Å². The molecule has 0 aliphatic rings. The molecule has 0 aliphatic carbocycles. The third-order valence-electron chi connectivity index (χ3n) is 6.01. The van der Waals surface area contributed by atoms with E-state index >= 15 is 0 Å². The number of aromatic hydroxyl groups is 3. The first kappa shape index (κ1) is 27.5. The van der Waals surface area contributed by atoms with E-state index in [4.69, 9.17) is 14.2 Å². The van der Waals surface area contributed by atoms with Gasteiger partial charge in [0.15, 0.2) is 17.5 Å². The van der Waals surface area contributed by atoms with Crippen LogP contribution in [0.4, 0.5) is 0 Å². The van der Waals surface area contributed by atoms with Crippen LogP contribution < -0.4 is 14.2 Å². The van der Waals surface area contributed by atoms with E-state index in [1.54, 1.807) is 30.3 Å². The fraction of sp³-hybridized carbons (Fsp3) is 0.300. The minimum atomic E-state index is -0.0614. The van der Waals surface area contributed by atoms with Gasteiger partial charge < -0.3 is 29.5 Å². The molecule has 39 heavy (non-hydrogen) atoms. The summed E-state index contributed by atoms with van der Waals surface area (Å²) in [5.41, 5.74) is 1.22. The molecule has 0 amide bonds. The van der Waals surface area contributed by atoms with Crippen molar-refractivity contribution in [3.8, 4) is 68.7 Å². The van der Waals surface area contributed by atoms with Crippen LogP contribution in [0, 0.1) is 0 Å². The third kappa shape index (κ3) is 6.67. The largest absolute Gasteiger partial charge is 0.508 e. The van der Waals surface area contributed by atoms with Crippen molar-refractivity contribution >= 4 is 0 Å². The lowest BCUT2D eigenvalue weighted by molar-refractivity contribution is 0.307. The first-order valence-electron chi connectivity index (χ1n) is 13.0. The van der Waals surface area contributed by atoms with Gasteiger partial charge in [0.1, 0.15) is 34.5 Å². The number of nitrogens with zero attached hydrogens (tertiary/aromatic N) is 3. The van der Waals surface area contributed by atoms with Gasteiger partial charge in [-0.2, -0.15) is 0 Å². The molecule has 3 N–H and O–H groups in total. The standard InChI is InChI=1S/C30H33N3O6/c1-4-6-14-38-20-9-12-22(25(35)17-20)28-31-29(23-13-10-21(18-26(23)36)39-15-7-5-2)33-30(32-28)24-11-8-19(34)16-27(24)37-3/h8-13,16-18,34-36H,4-7,14-15H2,1-3H3. The average Bonchev–Trinajstić information content (AvgIpc) is 2.93. The molecule has 0 saturated heterocycles. The first-order valence-corrected chi connectivity index (χ1v) is 13.0. The van der Waals surface area contributed by atoms with Crippen molar-refractivity contribution in [2.45, 2.75) is 39.5 Å². The second-order valence-corrected chi connectivity index (χ2v) is 8.95. The summed E-state index contributed by atoms with van der Waals surface area (Å²) in [6.45, 7) is 5.25. The van der Waals surface area contributed by atoms with Crippen LogP contribution in [0.5, 0.6) is 34.5 Å². The number of rotatable bonds is 12. The number of hydrogen-bond acceptors (Lipinski definition) is 9. The zero-order valence-electron chi connectivity index (χ0n) is 22.3. The number of benzene rings is 3. The Morgan fingerprint density at radius 3 is 1.51 bits per heavy atom. The van der Waals surface area contributed by atoms with Gasteiger partial charge in [-0.1, -0.05) is 26.7 Å². The van der Waals surface area contributed by atoms with Crippen molar-refractivity contribution in [1.82, 2.24) is 15.0 Å². The predicted octanol–water partition coefficient (Wildman–Crippen LogP) is 6.36. The minimum Gasteiger partial charge on any atom is -0.508 e. The number of hydrogen-bond donors (Lipinski definition) is 3. The second-order valence-electron chi connectivity index (χ2n) is 8.95. The molecule has 0 bridgehead atoms. The van der Waals surface area contributed by atoms with Crippen LogP contribution in [-0.2, 0) is 0 Å². The molecule has 9 nitrogen and oxygen atoms in total. The summed E-state index contributed by atoms with van der Waals surface area (Å²) in [4.78, 5) is 13.8. The third-order valence-corrected chi connectivity index (χ3v) is 6.01. The second kappa shape index (κ2) is 12.8. The molecular formula is C30H33N3O6. The molecule has 0 unspecified atom stereocenters. The van der Waals surface area contributed by atoms with Gasteiger partial charge in [0.25, 0.3) is 0 Å². The molecule has 0 fully saturated rings. The SMILES string of the molecule is CCCCOc1ccc(-c2nc(-c3ccc(OCCCC)cc3O)nc(-c3ccc(O)cc3OC)n2)c(O)c1. The zero-order chi connectivity index (χ0) is 27.8. The van der Waals surface area contributed by atoms with Crippen molar-refractivity contribution in [2.75, 3.05) is 20.3 Å². The lowest BCUT2D eigenvalue weighted by Gasteiger charge is -2.13. The number of unbranched alkanes of at least 4 members (excludes halogenated alkanes) is 2. The zero-order valence-corrected chi connectivity index (χ0v) is 22.3. The van der Waals surface area contributed by atoms with E-state index in [1.165, 1.54) is 31.4 Å². The minimum absolute atomic E-state index is 0.0257. The normalized spacial score (nSPS) is 10.8. The molecule has 1 aromatic heterocycles. The smallest absolute Gasteiger partial charge is 0.167 e. The highest BCUT2D eigenvalue weighted by molar-refractivity contribution is 5.74. The van der Waals surface area contributed by atoms with Gasteiger partial charge >= 0.3 is 0 Å². The van der Waals surface area contributed by atoms with Crippen molar-refractivity contribution in [3.05, 3.63) is 54.6 Å². The number of methoxy groups -OCH3 is 1. The van der Waals surface area contributed by atoms with Crippen LogP contribution in [0.2, 0.25) is 0 Å². The maximum absolute atomic E-state index is 10.9. The van der Waals surface area contributed by atoms with Crippen LogP contribution in [0.1, 0.15) is 39.5 Å². The van der Waals surface area contributed by atoms with Crippen LogP contribution >= 0.6 is 0 Å². The Kier molecular flexibility index (Phi) is 9.04. The topological polar surface area (TPSA) is 127 Å². The van der Waals surface area contributed by atoms with Crippen LogP contribution in [0.3, 0.4) is 0 Å². The van der Waals surface area contributed by atoms with Crippen LogP contribution in [0.15, 0.2) is 54.6 Å². The summed E-state index contributed by atoms with van der Waals surface area (Å²) < 4.78 is 16.9. The van der Waals surface area contributed by atoms with E-state index in [0.29, 0.717) is 47.2 Å². The Morgan fingerprint density at radius 1 is 0.615 bits per heavy atom. The van der Waals surface area contributed by atoms with Gasteiger partial charge in [0, 0.05) is 18.2 Å². The van der Waals surface area contributed by atoms with Crippen LogP contribution in [-0.4, -0.2) is 50.6 Å². The molecule has 204 valence electrons. The summed E-state index contributed by atoms with van der Waals surface area (Å²) >= 11 is 0. The van der Waals surface area contributed by atoms with E-state index in [2.05, 4.69) is 28.8 Å². The summed E-state index contributed by atoms with van der Waals surface area (Å²) in [7, 11) is 1.48. The van der Waals surface area contributed by atoms with Crippen molar-refractivity contribution < 1.29 is 29.5 Å². The summed E-state index contributed by atoms with van der Waals surface area (Å²) in [6.07, 6.45) is 3.81. The molecule has 0 spiro atoms. The fourth-order valence-electron chi connectivity index (χ4n) is 3.85. The average molecular weight is 532 g/mol. The van der Waals surface area contributed by atoms with E-state index in [0.717, 1.165) is 25.7 Å². The molecule has 0 saturated carbocycles. The summed E-state index contributed by atoms with van der Waals surface area (Å²) in [6, 6.07) is 14.5. The molecule has 4 rings (SSSR count). The summed E-state index contributed by atoms with van der Waals surface area (Å²) in [5.74, 6) is 1.94. The van der Waals surface area contributed by atoms with Gasteiger partial charge in [-0.15, -0.1) is 0 Å². The van der Waals surface area contributed by atoms with E-state index in [-0.39, 0.29) is 34.7 Å². The number of phenols is 3. The maximum Gasteiger partial charge on any atom is 0.167 e. The molecule has 4 aromatic rings. The predicted molar refractivity (Wildman–Crippen MR) is 148 cm³/mol. The van der Waals surface area contributed by atoms with Gasteiger partial charge in [0.2, 0.25) is 0 Å². The highest BCUT2D eigenvalue weighted by Gasteiger charge is 2.19. The molecule has 9 heteroatoms. The monoisotopic (exact) mass is 531 g/mol. The Bertz CT molecular complexity index is 1350. The van der Waals surface area contributed by atoms with Crippen molar-refractivity contribution in [1.29, 1.82) is 0 Å². The molecule has 3 aromatic carbocycles. The lowest BCUT2D eigenvalue weighted by Crippen LogP contribution is -2.02. The molecule has 0 atom stereocenters.